The molecule has 0 saturated heterocycles. The topological polar surface area (TPSA) is 41.5 Å². The van der Waals surface area contributed by atoms with Crippen molar-refractivity contribution >= 4 is 58.7 Å². The largest absolute Gasteiger partial charge is 0.271 e. The molecule has 0 radical (unpaired) electrons. The lowest BCUT2D eigenvalue weighted by Gasteiger charge is -2.04. The maximum atomic E-state index is 12.2. The third-order valence-corrected chi connectivity index (χ3v) is 5.83. The molecule has 0 bridgehead atoms. The predicted octanol–water partition coefficient (Wildman–Crippen LogP) is 6.70. The number of hydrogen-bond donors (Lipinski definition) is 1. The fourth-order valence-electron chi connectivity index (χ4n) is 2.27. The van der Waals surface area contributed by atoms with Gasteiger partial charge >= 0.3 is 0 Å². The van der Waals surface area contributed by atoms with E-state index in [9.17, 15) is 4.79 Å². The summed E-state index contributed by atoms with van der Waals surface area (Å²) in [6, 6.07) is 20.2. The Balaban J connectivity index is 1.53. The van der Waals surface area contributed by atoms with Gasteiger partial charge < -0.3 is 0 Å². The number of nitrogens with one attached hydrogen (secondary N) is 1. The molecule has 0 atom stereocenters. The molecule has 0 aromatic heterocycles. The van der Waals surface area contributed by atoms with Gasteiger partial charge in [-0.25, -0.2) is 5.43 Å². The first-order chi connectivity index (χ1) is 13.5. The number of rotatable bonds is 6. The second kappa shape index (κ2) is 9.99. The van der Waals surface area contributed by atoms with Crippen LogP contribution in [0.2, 0.25) is 15.1 Å². The molecule has 28 heavy (non-hydrogen) atoms. The molecule has 3 nitrogen and oxygen atoms in total. The highest BCUT2D eigenvalue weighted by molar-refractivity contribution is 7.98. The van der Waals surface area contributed by atoms with Gasteiger partial charge in [0.1, 0.15) is 0 Å². The highest BCUT2D eigenvalue weighted by Crippen LogP contribution is 2.24. The summed E-state index contributed by atoms with van der Waals surface area (Å²) in [7, 11) is 0. The summed E-state index contributed by atoms with van der Waals surface area (Å²) >= 11 is 19.4. The van der Waals surface area contributed by atoms with Crippen molar-refractivity contribution in [3.8, 4) is 0 Å². The minimum Gasteiger partial charge on any atom is -0.267 e. The van der Waals surface area contributed by atoms with E-state index < -0.39 is 0 Å². The van der Waals surface area contributed by atoms with Crippen LogP contribution in [-0.2, 0) is 5.75 Å². The minimum atomic E-state index is -0.284. The Morgan fingerprint density at radius 1 is 0.929 bits per heavy atom. The molecule has 3 aromatic carbocycles. The van der Waals surface area contributed by atoms with Crippen LogP contribution in [0, 0.1) is 0 Å². The smallest absolute Gasteiger partial charge is 0.267 e. The van der Waals surface area contributed by atoms with Gasteiger partial charge in [-0.2, -0.15) is 5.10 Å². The summed E-state index contributed by atoms with van der Waals surface area (Å²) in [6.07, 6.45) is 1.51. The molecule has 0 saturated carbocycles. The molecule has 142 valence electrons. The predicted molar refractivity (Wildman–Crippen MR) is 119 cm³/mol. The van der Waals surface area contributed by atoms with Gasteiger partial charge in [-0.1, -0.05) is 53.0 Å². The summed E-state index contributed by atoms with van der Waals surface area (Å²) < 4.78 is 0. The average Bonchev–Trinajstić information content (AvgIpc) is 2.70. The Labute approximate surface area is 182 Å². The lowest BCUT2D eigenvalue weighted by atomic mass is 10.1. The maximum Gasteiger partial charge on any atom is 0.271 e. The van der Waals surface area contributed by atoms with Gasteiger partial charge in [-0.3, -0.25) is 4.79 Å². The van der Waals surface area contributed by atoms with E-state index in [1.54, 1.807) is 42.1 Å². The zero-order chi connectivity index (χ0) is 19.9. The number of nitrogens with zero attached hydrogens (tertiary/aromatic N) is 1. The zero-order valence-corrected chi connectivity index (χ0v) is 17.6. The summed E-state index contributed by atoms with van der Waals surface area (Å²) in [5.74, 6) is 0.521. The van der Waals surface area contributed by atoms with Crippen LogP contribution in [0.3, 0.4) is 0 Å². The molecule has 0 spiro atoms. The van der Waals surface area contributed by atoms with Gasteiger partial charge in [-0.15, -0.1) is 11.8 Å². The SMILES string of the molecule is O=C(N/N=C\c1ccc(Cl)c(Cl)c1)c1ccc(CSc2ccc(Cl)cc2)cc1. The summed E-state index contributed by atoms with van der Waals surface area (Å²) in [6.45, 7) is 0. The fraction of sp³-hybridized carbons (Fsp3) is 0.0476. The number of benzene rings is 3. The molecular weight excluding hydrogens is 435 g/mol. The van der Waals surface area contributed by atoms with Gasteiger partial charge in [0.15, 0.2) is 0 Å². The molecule has 0 fully saturated rings. The minimum absolute atomic E-state index is 0.284. The monoisotopic (exact) mass is 448 g/mol. The van der Waals surface area contributed by atoms with Crippen molar-refractivity contribution in [1.82, 2.24) is 5.43 Å². The van der Waals surface area contributed by atoms with Crippen LogP contribution < -0.4 is 5.43 Å². The van der Waals surface area contributed by atoms with Crippen molar-refractivity contribution in [2.75, 3.05) is 0 Å². The standard InChI is InChI=1S/C21H15Cl3N2OS/c22-17-6-8-18(9-7-17)28-13-14-1-4-16(5-2-14)21(27)26-25-12-15-3-10-19(23)20(24)11-15/h1-12H,13H2,(H,26,27)/b25-12-. The number of halogens is 3. The molecule has 0 unspecified atom stereocenters. The number of carbonyl (C=O) groups is 1. The van der Waals surface area contributed by atoms with Crippen LogP contribution in [0.5, 0.6) is 0 Å². The number of hydrogen-bond acceptors (Lipinski definition) is 3. The van der Waals surface area contributed by atoms with Gasteiger partial charge in [0.25, 0.3) is 5.91 Å². The molecule has 1 N–H and O–H groups in total. The van der Waals surface area contributed by atoms with E-state index in [1.807, 2.05) is 36.4 Å². The van der Waals surface area contributed by atoms with E-state index in [-0.39, 0.29) is 5.91 Å². The lowest BCUT2D eigenvalue weighted by molar-refractivity contribution is 0.0955. The Bertz CT molecular complexity index is 990. The van der Waals surface area contributed by atoms with Crippen molar-refractivity contribution < 1.29 is 4.79 Å². The highest BCUT2D eigenvalue weighted by Gasteiger charge is 2.05. The second-order valence-electron chi connectivity index (χ2n) is 5.81. The fourth-order valence-corrected chi connectivity index (χ4v) is 3.56. The van der Waals surface area contributed by atoms with Crippen molar-refractivity contribution in [2.24, 2.45) is 5.10 Å². The third-order valence-electron chi connectivity index (χ3n) is 3.76. The Morgan fingerprint density at radius 2 is 1.64 bits per heavy atom. The van der Waals surface area contributed by atoms with Crippen molar-refractivity contribution in [1.29, 1.82) is 0 Å². The number of hydrazone groups is 1. The van der Waals surface area contributed by atoms with Gasteiger partial charge in [0.05, 0.1) is 16.3 Å². The van der Waals surface area contributed by atoms with Crippen molar-refractivity contribution in [3.63, 3.8) is 0 Å². The molecule has 7 heteroatoms. The molecule has 3 aromatic rings. The van der Waals surface area contributed by atoms with E-state index in [0.717, 1.165) is 26.8 Å². The van der Waals surface area contributed by atoms with Crippen LogP contribution >= 0.6 is 46.6 Å². The highest BCUT2D eigenvalue weighted by atomic mass is 35.5. The number of carbonyl (C=O) groups excluding carboxylic acids is 1. The van der Waals surface area contributed by atoms with Crippen LogP contribution in [0.15, 0.2) is 76.7 Å². The van der Waals surface area contributed by atoms with Crippen molar-refractivity contribution in [2.45, 2.75) is 10.6 Å². The Hall–Kier alpha value is -1.98. The van der Waals surface area contributed by atoms with Crippen molar-refractivity contribution in [3.05, 3.63) is 98.5 Å². The quantitative estimate of drug-likeness (QED) is 0.258. The van der Waals surface area contributed by atoms with E-state index in [1.165, 1.54) is 6.21 Å². The average molecular weight is 450 g/mol. The van der Waals surface area contributed by atoms with Crippen LogP contribution in [-0.4, -0.2) is 12.1 Å². The number of thioether (sulfide) groups is 1. The zero-order valence-electron chi connectivity index (χ0n) is 14.5. The number of amides is 1. The second-order valence-corrected chi connectivity index (χ2v) is 8.11. The summed E-state index contributed by atoms with van der Waals surface area (Å²) in [5.41, 5.74) is 4.90. The molecule has 1 amide bonds. The molecule has 3 rings (SSSR count). The summed E-state index contributed by atoms with van der Waals surface area (Å²) in [5, 5.41) is 5.58. The lowest BCUT2D eigenvalue weighted by Crippen LogP contribution is -2.17. The maximum absolute atomic E-state index is 12.2. The first-order valence-electron chi connectivity index (χ1n) is 8.27. The Kier molecular flexibility index (Phi) is 7.40. The van der Waals surface area contributed by atoms with E-state index in [4.69, 9.17) is 34.8 Å². The van der Waals surface area contributed by atoms with E-state index in [2.05, 4.69) is 10.5 Å². The molecule has 0 aliphatic carbocycles. The van der Waals surface area contributed by atoms with Crippen LogP contribution in [0.4, 0.5) is 0 Å². The molecule has 0 heterocycles. The van der Waals surface area contributed by atoms with E-state index in [0.29, 0.717) is 15.6 Å². The third kappa shape index (κ3) is 6.01. The molecule has 0 aliphatic rings. The molecular formula is C21H15Cl3N2OS. The molecule has 0 aliphatic heterocycles. The van der Waals surface area contributed by atoms with Gasteiger partial charge in [0.2, 0.25) is 0 Å². The first kappa shape index (κ1) is 20.7. The van der Waals surface area contributed by atoms with Crippen LogP contribution in [0.1, 0.15) is 21.5 Å². The van der Waals surface area contributed by atoms with Crippen LogP contribution in [0.25, 0.3) is 0 Å². The normalized spacial score (nSPS) is 11.0. The van der Waals surface area contributed by atoms with E-state index >= 15 is 0 Å². The Morgan fingerprint density at radius 3 is 2.32 bits per heavy atom. The first-order valence-corrected chi connectivity index (χ1v) is 10.4. The van der Waals surface area contributed by atoms with Gasteiger partial charge in [0, 0.05) is 21.2 Å². The summed E-state index contributed by atoms with van der Waals surface area (Å²) in [4.78, 5) is 13.3. The van der Waals surface area contributed by atoms with Gasteiger partial charge in [-0.05, 0) is 59.7 Å².